The molecule has 1 aliphatic rings. The van der Waals surface area contributed by atoms with Gasteiger partial charge in [-0.2, -0.15) is 0 Å². The van der Waals surface area contributed by atoms with Crippen molar-refractivity contribution in [3.63, 3.8) is 0 Å². The Morgan fingerprint density at radius 1 is 1.56 bits per heavy atom. The van der Waals surface area contributed by atoms with E-state index in [0.717, 1.165) is 31.5 Å². The summed E-state index contributed by atoms with van der Waals surface area (Å²) < 4.78 is 0. The summed E-state index contributed by atoms with van der Waals surface area (Å²) in [4.78, 5) is 12.3. The lowest BCUT2D eigenvalue weighted by molar-refractivity contribution is -0.124. The summed E-state index contributed by atoms with van der Waals surface area (Å²) in [7, 11) is 0. The lowest BCUT2D eigenvalue weighted by atomic mass is 9.83. The predicted molar refractivity (Wildman–Crippen MR) is 71.7 cm³/mol. The number of nitrogens with one attached hydrogen (secondary N) is 2. The lowest BCUT2D eigenvalue weighted by Gasteiger charge is -2.25. The molecule has 1 atom stereocenters. The number of aryl methyl sites for hydroxylation is 1. The Bertz CT molecular complexity index is 451. The molecule has 1 aromatic rings. The molecule has 4 heteroatoms. The van der Waals surface area contributed by atoms with E-state index in [-0.39, 0.29) is 17.1 Å². The van der Waals surface area contributed by atoms with Crippen LogP contribution in [-0.4, -0.2) is 24.1 Å². The molecule has 0 saturated carbocycles. The molecule has 1 aromatic carbocycles. The Labute approximate surface area is 107 Å². The van der Waals surface area contributed by atoms with Crippen LogP contribution in [-0.2, 0) is 4.79 Å². The number of aromatic hydroxyl groups is 1. The molecule has 0 bridgehead atoms. The fraction of sp³-hybridized carbons (Fsp3) is 0.500. The third-order valence-corrected chi connectivity index (χ3v) is 3.87. The van der Waals surface area contributed by atoms with Crippen molar-refractivity contribution in [2.45, 2.75) is 26.7 Å². The number of amides is 1. The average Bonchev–Trinajstić information content (AvgIpc) is 2.84. The second-order valence-electron chi connectivity index (χ2n) is 5.02. The molecule has 0 aromatic heterocycles. The predicted octanol–water partition coefficient (Wildman–Crippen LogP) is 2.03. The van der Waals surface area contributed by atoms with Crippen LogP contribution >= 0.6 is 0 Å². The molecular weight excluding hydrogens is 228 g/mol. The second kappa shape index (κ2) is 4.98. The van der Waals surface area contributed by atoms with E-state index in [2.05, 4.69) is 10.6 Å². The van der Waals surface area contributed by atoms with Gasteiger partial charge in [0.1, 0.15) is 5.75 Å². The minimum Gasteiger partial charge on any atom is -0.508 e. The lowest BCUT2D eigenvalue weighted by Crippen LogP contribution is -2.37. The topological polar surface area (TPSA) is 61.4 Å². The first-order valence-electron chi connectivity index (χ1n) is 6.39. The Balaban J connectivity index is 2.13. The molecule has 1 amide bonds. The van der Waals surface area contributed by atoms with E-state index in [0.29, 0.717) is 5.69 Å². The van der Waals surface area contributed by atoms with Gasteiger partial charge in [0.15, 0.2) is 0 Å². The highest BCUT2D eigenvalue weighted by Gasteiger charge is 2.39. The normalized spacial score (nSPS) is 23.0. The van der Waals surface area contributed by atoms with Crippen molar-refractivity contribution in [1.82, 2.24) is 5.32 Å². The van der Waals surface area contributed by atoms with E-state index in [1.54, 1.807) is 12.1 Å². The number of phenols is 1. The molecule has 4 nitrogen and oxygen atoms in total. The summed E-state index contributed by atoms with van der Waals surface area (Å²) >= 11 is 0. The zero-order chi connectivity index (χ0) is 13.2. The summed E-state index contributed by atoms with van der Waals surface area (Å²) in [5.74, 6) is 0.251. The zero-order valence-corrected chi connectivity index (χ0v) is 10.9. The van der Waals surface area contributed by atoms with Gasteiger partial charge in [0.25, 0.3) is 0 Å². The first-order valence-corrected chi connectivity index (χ1v) is 6.39. The van der Waals surface area contributed by atoms with Gasteiger partial charge in [0.2, 0.25) is 5.91 Å². The second-order valence-corrected chi connectivity index (χ2v) is 5.02. The van der Waals surface area contributed by atoms with E-state index in [9.17, 15) is 9.90 Å². The fourth-order valence-corrected chi connectivity index (χ4v) is 2.35. The number of carbonyl (C=O) groups is 1. The van der Waals surface area contributed by atoms with Crippen molar-refractivity contribution in [2.75, 3.05) is 18.4 Å². The molecule has 1 saturated heterocycles. The van der Waals surface area contributed by atoms with Gasteiger partial charge in [-0.1, -0.05) is 13.0 Å². The molecular formula is C14H20N2O2. The highest BCUT2D eigenvalue weighted by molar-refractivity contribution is 5.96. The van der Waals surface area contributed by atoms with Crippen molar-refractivity contribution in [3.05, 3.63) is 23.8 Å². The van der Waals surface area contributed by atoms with Gasteiger partial charge in [0, 0.05) is 18.3 Å². The van der Waals surface area contributed by atoms with Crippen LogP contribution in [0.25, 0.3) is 0 Å². The third-order valence-electron chi connectivity index (χ3n) is 3.87. The Morgan fingerprint density at radius 2 is 2.33 bits per heavy atom. The molecule has 0 radical (unpaired) electrons. The van der Waals surface area contributed by atoms with E-state index in [1.165, 1.54) is 0 Å². The monoisotopic (exact) mass is 248 g/mol. The minimum atomic E-state index is -0.305. The van der Waals surface area contributed by atoms with Crippen LogP contribution in [0.5, 0.6) is 5.75 Å². The number of rotatable bonds is 3. The van der Waals surface area contributed by atoms with E-state index >= 15 is 0 Å². The fourth-order valence-electron chi connectivity index (χ4n) is 2.35. The molecule has 1 aliphatic heterocycles. The van der Waals surface area contributed by atoms with Crippen molar-refractivity contribution in [2.24, 2.45) is 5.41 Å². The summed E-state index contributed by atoms with van der Waals surface area (Å²) in [5, 5.41) is 15.8. The summed E-state index contributed by atoms with van der Waals surface area (Å²) in [6.07, 6.45) is 1.69. The van der Waals surface area contributed by atoms with Crippen molar-refractivity contribution >= 4 is 11.6 Å². The molecule has 1 unspecified atom stereocenters. The highest BCUT2D eigenvalue weighted by Crippen LogP contribution is 2.31. The van der Waals surface area contributed by atoms with Gasteiger partial charge in [-0.05, 0) is 37.9 Å². The standard InChI is InChI=1S/C14H20N2O2/c1-3-14(6-7-15-9-14)13(18)16-11-5-4-10(2)12(17)8-11/h4-5,8,15,17H,3,6-7,9H2,1-2H3,(H,16,18). The van der Waals surface area contributed by atoms with Crippen LogP contribution in [0, 0.1) is 12.3 Å². The molecule has 98 valence electrons. The number of benzene rings is 1. The molecule has 0 aliphatic carbocycles. The maximum atomic E-state index is 12.3. The smallest absolute Gasteiger partial charge is 0.231 e. The van der Waals surface area contributed by atoms with E-state index in [1.807, 2.05) is 19.9 Å². The van der Waals surface area contributed by atoms with Gasteiger partial charge in [-0.3, -0.25) is 4.79 Å². The van der Waals surface area contributed by atoms with Gasteiger partial charge >= 0.3 is 0 Å². The van der Waals surface area contributed by atoms with Crippen LogP contribution < -0.4 is 10.6 Å². The molecule has 2 rings (SSSR count). The minimum absolute atomic E-state index is 0.0400. The number of hydrogen-bond acceptors (Lipinski definition) is 3. The maximum Gasteiger partial charge on any atom is 0.231 e. The first-order chi connectivity index (χ1) is 8.57. The number of carbonyl (C=O) groups excluding carboxylic acids is 1. The van der Waals surface area contributed by atoms with Crippen LogP contribution in [0.1, 0.15) is 25.3 Å². The SMILES string of the molecule is CCC1(C(=O)Nc2ccc(C)c(O)c2)CCNC1. The molecule has 18 heavy (non-hydrogen) atoms. The number of hydrogen-bond donors (Lipinski definition) is 3. The van der Waals surface area contributed by atoms with Crippen LogP contribution in [0.4, 0.5) is 5.69 Å². The number of anilines is 1. The summed E-state index contributed by atoms with van der Waals surface area (Å²) in [6, 6.07) is 5.22. The first kappa shape index (κ1) is 12.9. The third kappa shape index (κ3) is 2.34. The summed E-state index contributed by atoms with van der Waals surface area (Å²) in [5.41, 5.74) is 1.16. The van der Waals surface area contributed by atoms with E-state index in [4.69, 9.17) is 0 Å². The van der Waals surface area contributed by atoms with Gasteiger partial charge in [-0.15, -0.1) is 0 Å². The molecule has 3 N–H and O–H groups in total. The van der Waals surface area contributed by atoms with Crippen molar-refractivity contribution < 1.29 is 9.90 Å². The van der Waals surface area contributed by atoms with Crippen LogP contribution in [0.15, 0.2) is 18.2 Å². The maximum absolute atomic E-state index is 12.3. The molecule has 1 fully saturated rings. The quantitative estimate of drug-likeness (QED) is 0.767. The zero-order valence-electron chi connectivity index (χ0n) is 10.9. The Kier molecular flexibility index (Phi) is 3.57. The van der Waals surface area contributed by atoms with Crippen LogP contribution in [0.3, 0.4) is 0 Å². The van der Waals surface area contributed by atoms with Gasteiger partial charge in [0.05, 0.1) is 5.41 Å². The molecule has 1 heterocycles. The van der Waals surface area contributed by atoms with Crippen molar-refractivity contribution in [3.8, 4) is 5.75 Å². The Hall–Kier alpha value is -1.55. The van der Waals surface area contributed by atoms with Crippen LogP contribution in [0.2, 0.25) is 0 Å². The molecule has 0 spiro atoms. The van der Waals surface area contributed by atoms with E-state index < -0.39 is 0 Å². The van der Waals surface area contributed by atoms with Crippen molar-refractivity contribution in [1.29, 1.82) is 0 Å². The van der Waals surface area contributed by atoms with Gasteiger partial charge in [-0.25, -0.2) is 0 Å². The largest absolute Gasteiger partial charge is 0.508 e. The highest BCUT2D eigenvalue weighted by atomic mass is 16.3. The van der Waals surface area contributed by atoms with Gasteiger partial charge < -0.3 is 15.7 Å². The number of phenolic OH excluding ortho intramolecular Hbond substituents is 1. The Morgan fingerprint density at radius 3 is 2.89 bits per heavy atom. The average molecular weight is 248 g/mol. The summed E-state index contributed by atoms with van der Waals surface area (Å²) in [6.45, 7) is 5.49.